The molecule has 0 atom stereocenters. The first kappa shape index (κ1) is 17.5. The molecule has 0 aliphatic carbocycles. The second-order valence-corrected chi connectivity index (χ2v) is 10.8. The normalized spacial score (nSPS) is 10.9. The average Bonchev–Trinajstić information content (AvgIpc) is 2.59. The summed E-state index contributed by atoms with van der Waals surface area (Å²) in [6, 6.07) is 21.4. The van der Waals surface area contributed by atoms with Crippen LogP contribution in [0.25, 0.3) is 0 Å². The third-order valence-corrected chi connectivity index (χ3v) is 8.03. The van der Waals surface area contributed by atoms with E-state index in [1.165, 1.54) is 15.9 Å². The molecule has 0 aromatic heterocycles. The Morgan fingerprint density at radius 3 is 2.22 bits per heavy atom. The van der Waals surface area contributed by atoms with E-state index in [1.807, 2.05) is 0 Å². The fourth-order valence-corrected chi connectivity index (χ4v) is 5.52. The zero-order chi connectivity index (χ0) is 16.5. The molecule has 0 bridgehead atoms. The lowest BCUT2D eigenvalue weighted by Gasteiger charge is -2.25. The number of hydrogen-bond donors (Lipinski definition) is 1. The highest BCUT2D eigenvalue weighted by molar-refractivity contribution is 6.95. The summed E-state index contributed by atoms with van der Waals surface area (Å²) >= 11 is 0. The molecule has 23 heavy (non-hydrogen) atoms. The standard InChI is InChI=1S/C21H26OSi/c1-23(2,20-14-7-4-8-15-20)21(17-10-18-22)16-9-13-19-11-5-3-6-12-19/h3-8,10-12,14-15,22H,9,13,16,18H2,1-2H3. The Labute approximate surface area is 141 Å². The van der Waals surface area contributed by atoms with Gasteiger partial charge in [-0.3, -0.25) is 0 Å². The van der Waals surface area contributed by atoms with Gasteiger partial charge < -0.3 is 5.11 Å². The molecule has 0 unspecified atom stereocenters. The summed E-state index contributed by atoms with van der Waals surface area (Å²) < 4.78 is 0. The largest absolute Gasteiger partial charge is 0.392 e. The topological polar surface area (TPSA) is 20.2 Å². The van der Waals surface area contributed by atoms with Crippen LogP contribution in [0, 0.1) is 0 Å². The van der Waals surface area contributed by atoms with Crippen LogP contribution in [0.4, 0.5) is 0 Å². The molecule has 2 heteroatoms. The van der Waals surface area contributed by atoms with E-state index in [1.54, 1.807) is 6.08 Å². The summed E-state index contributed by atoms with van der Waals surface area (Å²) in [4.78, 5) is 0. The van der Waals surface area contributed by atoms with Gasteiger partial charge in [-0.25, -0.2) is 0 Å². The third-order valence-electron chi connectivity index (χ3n) is 4.35. The lowest BCUT2D eigenvalue weighted by Crippen LogP contribution is -2.43. The van der Waals surface area contributed by atoms with E-state index >= 15 is 0 Å². The van der Waals surface area contributed by atoms with E-state index in [4.69, 9.17) is 5.11 Å². The lowest BCUT2D eigenvalue weighted by atomic mass is 10.1. The van der Waals surface area contributed by atoms with Crippen LogP contribution >= 0.6 is 0 Å². The lowest BCUT2D eigenvalue weighted by molar-refractivity contribution is 0.343. The molecule has 0 amide bonds. The molecule has 1 N–H and O–H groups in total. The summed E-state index contributed by atoms with van der Waals surface area (Å²) in [6.07, 6.45) is 5.01. The molecule has 0 saturated heterocycles. The minimum atomic E-state index is -1.72. The van der Waals surface area contributed by atoms with Gasteiger partial charge in [0.15, 0.2) is 0 Å². The number of aliphatic hydroxyl groups is 1. The molecule has 0 spiro atoms. The Hall–Kier alpha value is -1.86. The zero-order valence-electron chi connectivity index (χ0n) is 14.1. The van der Waals surface area contributed by atoms with Crippen molar-refractivity contribution in [2.45, 2.75) is 32.4 Å². The second-order valence-electron chi connectivity index (χ2n) is 6.34. The molecular formula is C21H26OSi. The Bertz CT molecular complexity index is 653. The Morgan fingerprint density at radius 1 is 1.00 bits per heavy atom. The number of rotatable bonds is 7. The van der Waals surface area contributed by atoms with Gasteiger partial charge in [-0.05, 0) is 36.1 Å². The number of benzene rings is 2. The molecule has 0 heterocycles. The van der Waals surface area contributed by atoms with E-state index in [9.17, 15) is 0 Å². The molecule has 120 valence electrons. The van der Waals surface area contributed by atoms with Gasteiger partial charge in [0.1, 0.15) is 8.07 Å². The summed E-state index contributed by atoms with van der Waals surface area (Å²) in [5, 5.41) is 11.9. The molecule has 0 saturated carbocycles. The summed E-state index contributed by atoms with van der Waals surface area (Å²) in [5.41, 5.74) is 4.78. The van der Waals surface area contributed by atoms with Crippen molar-refractivity contribution in [2.24, 2.45) is 0 Å². The van der Waals surface area contributed by atoms with Gasteiger partial charge in [-0.2, -0.15) is 0 Å². The highest BCUT2D eigenvalue weighted by atomic mass is 28.3. The van der Waals surface area contributed by atoms with Gasteiger partial charge in [0, 0.05) is 0 Å². The zero-order valence-corrected chi connectivity index (χ0v) is 15.1. The van der Waals surface area contributed by atoms with E-state index in [-0.39, 0.29) is 6.61 Å². The fraction of sp³-hybridized carbons (Fsp3) is 0.286. The van der Waals surface area contributed by atoms with Gasteiger partial charge in [0.2, 0.25) is 0 Å². The molecule has 0 aliphatic heterocycles. The molecule has 0 aliphatic rings. The summed E-state index contributed by atoms with van der Waals surface area (Å²) in [7, 11) is -1.72. The number of hydrogen-bond acceptors (Lipinski definition) is 1. The minimum Gasteiger partial charge on any atom is -0.392 e. The first-order valence-electron chi connectivity index (χ1n) is 8.29. The summed E-state index contributed by atoms with van der Waals surface area (Å²) in [6.45, 7) is 4.80. The van der Waals surface area contributed by atoms with Crippen LogP contribution in [0.2, 0.25) is 13.1 Å². The predicted octanol–water partition coefficient (Wildman–Crippen LogP) is 4.24. The quantitative estimate of drug-likeness (QED) is 0.597. The van der Waals surface area contributed by atoms with Crippen LogP contribution in [0.5, 0.6) is 0 Å². The van der Waals surface area contributed by atoms with Crippen molar-refractivity contribution in [3.63, 3.8) is 0 Å². The van der Waals surface area contributed by atoms with E-state index in [0.717, 1.165) is 19.3 Å². The average molecular weight is 323 g/mol. The molecular weight excluding hydrogens is 296 g/mol. The summed E-state index contributed by atoms with van der Waals surface area (Å²) in [5.74, 6) is 0. The smallest absolute Gasteiger partial charge is 0.116 e. The first-order chi connectivity index (χ1) is 11.1. The van der Waals surface area contributed by atoms with E-state index in [0.29, 0.717) is 0 Å². The second kappa shape index (κ2) is 8.69. The van der Waals surface area contributed by atoms with Crippen LogP contribution in [0.15, 0.2) is 77.7 Å². The van der Waals surface area contributed by atoms with Crippen molar-refractivity contribution in [1.29, 1.82) is 0 Å². The molecule has 2 aromatic carbocycles. The SMILES string of the molecule is C[Si](C)(C(=C=CCO)CCCc1ccccc1)c1ccccc1. The Kier molecular flexibility index (Phi) is 6.61. The maximum atomic E-state index is 9.14. The number of aryl methyl sites for hydroxylation is 1. The first-order valence-corrected chi connectivity index (χ1v) is 11.3. The Morgan fingerprint density at radius 2 is 1.61 bits per heavy atom. The van der Waals surface area contributed by atoms with Crippen molar-refractivity contribution in [3.05, 3.63) is 83.2 Å². The molecule has 2 rings (SSSR count). The van der Waals surface area contributed by atoms with Crippen LogP contribution in [0.1, 0.15) is 18.4 Å². The third kappa shape index (κ3) is 5.07. The Balaban J connectivity index is 2.13. The highest BCUT2D eigenvalue weighted by Gasteiger charge is 2.27. The van der Waals surface area contributed by atoms with Crippen molar-refractivity contribution < 1.29 is 5.11 Å². The molecule has 1 nitrogen and oxygen atoms in total. The van der Waals surface area contributed by atoms with Gasteiger partial charge in [-0.15, -0.1) is 5.73 Å². The molecule has 2 aromatic rings. The van der Waals surface area contributed by atoms with Crippen LogP contribution in [-0.2, 0) is 6.42 Å². The van der Waals surface area contributed by atoms with Crippen LogP contribution in [0.3, 0.4) is 0 Å². The number of aliphatic hydroxyl groups excluding tert-OH is 1. The van der Waals surface area contributed by atoms with Crippen LogP contribution in [-0.4, -0.2) is 19.8 Å². The predicted molar refractivity (Wildman–Crippen MR) is 102 cm³/mol. The van der Waals surface area contributed by atoms with Gasteiger partial charge in [-0.1, -0.05) is 78.9 Å². The fourth-order valence-electron chi connectivity index (χ4n) is 2.88. The van der Waals surface area contributed by atoms with Crippen molar-refractivity contribution in [2.75, 3.05) is 6.61 Å². The van der Waals surface area contributed by atoms with E-state index in [2.05, 4.69) is 79.5 Å². The van der Waals surface area contributed by atoms with Crippen LogP contribution < -0.4 is 5.19 Å². The van der Waals surface area contributed by atoms with Crippen molar-refractivity contribution >= 4 is 13.3 Å². The minimum absolute atomic E-state index is 0.0570. The molecule has 0 radical (unpaired) electrons. The maximum absolute atomic E-state index is 9.14. The van der Waals surface area contributed by atoms with Crippen molar-refractivity contribution in [1.82, 2.24) is 0 Å². The highest BCUT2D eigenvalue weighted by Crippen LogP contribution is 2.20. The van der Waals surface area contributed by atoms with E-state index < -0.39 is 8.07 Å². The van der Waals surface area contributed by atoms with Gasteiger partial charge in [0.25, 0.3) is 0 Å². The van der Waals surface area contributed by atoms with Gasteiger partial charge in [0.05, 0.1) is 6.61 Å². The molecule has 0 fully saturated rings. The monoisotopic (exact) mass is 322 g/mol. The van der Waals surface area contributed by atoms with Crippen molar-refractivity contribution in [3.8, 4) is 0 Å². The van der Waals surface area contributed by atoms with Gasteiger partial charge >= 0.3 is 0 Å². The maximum Gasteiger partial charge on any atom is 0.116 e.